The molecule has 2 aliphatic rings. The van der Waals surface area contributed by atoms with Crippen molar-refractivity contribution < 1.29 is 14.8 Å². The Kier molecular flexibility index (Phi) is 5.87. The molecule has 1 aliphatic heterocycles. The van der Waals surface area contributed by atoms with E-state index < -0.39 is 17.7 Å². The topological polar surface area (TPSA) is 76.1 Å². The Morgan fingerprint density at radius 2 is 1.58 bits per heavy atom. The Bertz CT molecular complexity index is 913. The third-order valence-electron chi connectivity index (χ3n) is 6.35. The fourth-order valence-electron chi connectivity index (χ4n) is 4.94. The molecule has 1 atom stereocenters. The van der Waals surface area contributed by atoms with Gasteiger partial charge in [-0.3, -0.25) is 10.1 Å². The molecule has 1 aliphatic carbocycles. The van der Waals surface area contributed by atoms with Gasteiger partial charge in [0, 0.05) is 17.4 Å². The van der Waals surface area contributed by atoms with E-state index in [0.29, 0.717) is 16.4 Å². The van der Waals surface area contributed by atoms with E-state index in [4.69, 9.17) is 0 Å². The fraction of sp³-hybridized carbons (Fsp3) is 0.417. The number of para-hydroxylation sites is 2. The molecule has 2 aromatic rings. The van der Waals surface area contributed by atoms with Crippen LogP contribution in [0, 0.1) is 0 Å². The van der Waals surface area contributed by atoms with Crippen LogP contribution in [0.5, 0.6) is 0 Å². The van der Waals surface area contributed by atoms with Gasteiger partial charge in [0.2, 0.25) is 0 Å². The first-order valence-electron chi connectivity index (χ1n) is 10.9. The van der Waals surface area contributed by atoms with Crippen LogP contribution in [-0.4, -0.2) is 45.0 Å². The molecule has 2 fully saturated rings. The summed E-state index contributed by atoms with van der Waals surface area (Å²) in [7, 11) is 0. The second kappa shape index (κ2) is 8.59. The average molecular weight is 423 g/mol. The number of rotatable bonds is 4. The number of anilines is 2. The van der Waals surface area contributed by atoms with Crippen molar-refractivity contribution in [1.29, 1.82) is 0 Å². The number of hydrogen-bond donors (Lipinski definition) is 2. The standard InChI is InChI=1S/C24H30N4O3/c1-24(2)21(28(31)22(29)25-18-12-6-3-7-13-18)26(19-14-8-4-9-15-19)23(30)27(24)20-16-10-5-11-17-20/h3-4,6-9,12-15,20-21,31H,5,10-11,16-17H2,1-2H3,(H,25,29). The van der Waals surface area contributed by atoms with Crippen LogP contribution in [-0.2, 0) is 0 Å². The normalized spacial score (nSPS) is 21.3. The van der Waals surface area contributed by atoms with Gasteiger partial charge in [-0.05, 0) is 51.0 Å². The summed E-state index contributed by atoms with van der Waals surface area (Å²) in [4.78, 5) is 30.1. The predicted octanol–water partition coefficient (Wildman–Crippen LogP) is 5.29. The lowest BCUT2D eigenvalue weighted by Crippen LogP contribution is -2.59. The van der Waals surface area contributed by atoms with E-state index in [9.17, 15) is 14.8 Å². The SMILES string of the molecule is CC1(C)C(N(O)C(=O)Nc2ccccc2)N(c2ccccc2)C(=O)N1C1CCCCC1. The molecular weight excluding hydrogens is 392 g/mol. The van der Waals surface area contributed by atoms with E-state index in [0.717, 1.165) is 25.7 Å². The lowest BCUT2D eigenvalue weighted by molar-refractivity contribution is -0.0986. The Labute approximate surface area is 183 Å². The number of benzene rings is 2. The molecule has 31 heavy (non-hydrogen) atoms. The molecule has 2 N–H and O–H groups in total. The van der Waals surface area contributed by atoms with E-state index in [2.05, 4.69) is 5.32 Å². The molecule has 1 unspecified atom stereocenters. The van der Waals surface area contributed by atoms with E-state index in [-0.39, 0.29) is 12.1 Å². The van der Waals surface area contributed by atoms with Gasteiger partial charge in [0.1, 0.15) is 0 Å². The highest BCUT2D eigenvalue weighted by atomic mass is 16.5. The molecule has 7 nitrogen and oxygen atoms in total. The maximum Gasteiger partial charge on any atom is 0.347 e. The van der Waals surface area contributed by atoms with Gasteiger partial charge in [-0.25, -0.2) is 9.59 Å². The van der Waals surface area contributed by atoms with Crippen molar-refractivity contribution in [3.63, 3.8) is 0 Å². The van der Waals surface area contributed by atoms with Gasteiger partial charge in [-0.15, -0.1) is 0 Å². The van der Waals surface area contributed by atoms with Crippen LogP contribution in [0.2, 0.25) is 0 Å². The maximum absolute atomic E-state index is 13.7. The van der Waals surface area contributed by atoms with Crippen molar-refractivity contribution in [2.75, 3.05) is 10.2 Å². The summed E-state index contributed by atoms with van der Waals surface area (Å²) >= 11 is 0. The molecular formula is C24H30N4O3. The van der Waals surface area contributed by atoms with Gasteiger partial charge < -0.3 is 10.2 Å². The molecule has 0 aromatic heterocycles. The van der Waals surface area contributed by atoms with Gasteiger partial charge in [-0.1, -0.05) is 55.7 Å². The van der Waals surface area contributed by atoms with Gasteiger partial charge in [0.15, 0.2) is 6.17 Å². The summed E-state index contributed by atoms with van der Waals surface area (Å²) in [6.45, 7) is 3.85. The van der Waals surface area contributed by atoms with Crippen molar-refractivity contribution in [3.05, 3.63) is 60.7 Å². The molecule has 0 spiro atoms. The molecule has 4 amide bonds. The van der Waals surface area contributed by atoms with Crippen LogP contribution >= 0.6 is 0 Å². The van der Waals surface area contributed by atoms with Crippen molar-refractivity contribution >= 4 is 23.4 Å². The maximum atomic E-state index is 13.7. The van der Waals surface area contributed by atoms with Crippen molar-refractivity contribution in [2.24, 2.45) is 0 Å². The number of hydrogen-bond acceptors (Lipinski definition) is 3. The zero-order valence-electron chi connectivity index (χ0n) is 18.1. The molecule has 1 heterocycles. The van der Waals surface area contributed by atoms with Crippen molar-refractivity contribution in [3.8, 4) is 0 Å². The number of nitrogens with one attached hydrogen (secondary N) is 1. The second-order valence-electron chi connectivity index (χ2n) is 8.82. The second-order valence-corrected chi connectivity index (χ2v) is 8.82. The quantitative estimate of drug-likeness (QED) is 0.519. The minimum absolute atomic E-state index is 0.0954. The van der Waals surface area contributed by atoms with Crippen LogP contribution in [0.3, 0.4) is 0 Å². The first-order valence-corrected chi connectivity index (χ1v) is 10.9. The van der Waals surface area contributed by atoms with E-state index in [1.807, 2.05) is 55.1 Å². The van der Waals surface area contributed by atoms with Gasteiger partial charge in [0.25, 0.3) is 0 Å². The minimum Gasteiger partial charge on any atom is -0.312 e. The number of carbonyl (C=O) groups excluding carboxylic acids is 2. The summed E-state index contributed by atoms with van der Waals surface area (Å²) in [5, 5.41) is 14.5. The summed E-state index contributed by atoms with van der Waals surface area (Å²) in [5.74, 6) is 0. The largest absolute Gasteiger partial charge is 0.347 e. The summed E-state index contributed by atoms with van der Waals surface area (Å²) in [5.41, 5.74) is 0.428. The summed E-state index contributed by atoms with van der Waals surface area (Å²) in [6.07, 6.45) is 4.33. The highest BCUT2D eigenvalue weighted by Crippen LogP contribution is 2.41. The smallest absolute Gasteiger partial charge is 0.312 e. The van der Waals surface area contributed by atoms with Crippen LogP contribution in [0.25, 0.3) is 0 Å². The first kappa shape index (κ1) is 21.2. The van der Waals surface area contributed by atoms with E-state index in [1.165, 1.54) is 6.42 Å². The molecule has 0 radical (unpaired) electrons. The highest BCUT2D eigenvalue weighted by Gasteiger charge is 2.57. The zero-order valence-corrected chi connectivity index (χ0v) is 18.1. The number of urea groups is 2. The summed E-state index contributed by atoms with van der Waals surface area (Å²) < 4.78 is 0. The lowest BCUT2D eigenvalue weighted by atomic mass is 9.90. The lowest BCUT2D eigenvalue weighted by Gasteiger charge is -2.42. The van der Waals surface area contributed by atoms with Crippen LogP contribution < -0.4 is 10.2 Å². The predicted molar refractivity (Wildman–Crippen MR) is 120 cm³/mol. The first-order chi connectivity index (χ1) is 14.9. The van der Waals surface area contributed by atoms with Crippen molar-refractivity contribution in [1.82, 2.24) is 9.96 Å². The minimum atomic E-state index is -0.881. The number of nitrogens with zero attached hydrogens (tertiary/aromatic N) is 3. The molecule has 7 heteroatoms. The number of amides is 4. The van der Waals surface area contributed by atoms with E-state index in [1.54, 1.807) is 29.2 Å². The highest BCUT2D eigenvalue weighted by molar-refractivity contribution is 5.98. The van der Waals surface area contributed by atoms with Crippen LogP contribution in [0.1, 0.15) is 46.0 Å². The molecule has 1 saturated carbocycles. The molecule has 2 aromatic carbocycles. The van der Waals surface area contributed by atoms with E-state index >= 15 is 0 Å². The fourth-order valence-corrected chi connectivity index (χ4v) is 4.94. The molecule has 0 bridgehead atoms. The van der Waals surface area contributed by atoms with Crippen LogP contribution in [0.4, 0.5) is 21.0 Å². The Morgan fingerprint density at radius 3 is 2.19 bits per heavy atom. The Morgan fingerprint density at radius 1 is 1.00 bits per heavy atom. The number of hydroxylamine groups is 2. The monoisotopic (exact) mass is 422 g/mol. The summed E-state index contributed by atoms with van der Waals surface area (Å²) in [6, 6.07) is 17.4. The van der Waals surface area contributed by atoms with Gasteiger partial charge >= 0.3 is 12.1 Å². The van der Waals surface area contributed by atoms with Gasteiger partial charge in [-0.2, -0.15) is 5.06 Å². The average Bonchev–Trinajstić information content (AvgIpc) is 3.00. The number of carbonyl (C=O) groups is 2. The zero-order chi connectivity index (χ0) is 22.0. The third-order valence-corrected chi connectivity index (χ3v) is 6.35. The van der Waals surface area contributed by atoms with Crippen LogP contribution in [0.15, 0.2) is 60.7 Å². The molecule has 4 rings (SSSR count). The Balaban J connectivity index is 1.69. The van der Waals surface area contributed by atoms with Crippen molar-refractivity contribution in [2.45, 2.75) is 63.7 Å². The molecule has 1 saturated heterocycles. The Hall–Kier alpha value is -3.06. The third kappa shape index (κ3) is 3.97. The molecule has 164 valence electrons. The van der Waals surface area contributed by atoms with Gasteiger partial charge in [0.05, 0.1) is 5.54 Å².